The van der Waals surface area contributed by atoms with Gasteiger partial charge in [0.05, 0.1) is 11.5 Å². The molecule has 1 aromatic heterocycles. The summed E-state index contributed by atoms with van der Waals surface area (Å²) in [6, 6.07) is 1.92. The van der Waals surface area contributed by atoms with Crippen molar-refractivity contribution in [3.63, 3.8) is 0 Å². The molecule has 0 amide bonds. The molecule has 0 spiro atoms. The Hall–Kier alpha value is -1.41. The summed E-state index contributed by atoms with van der Waals surface area (Å²) in [6.07, 6.45) is 2.47. The van der Waals surface area contributed by atoms with Gasteiger partial charge < -0.3 is 14.7 Å². The first-order valence-corrected chi connectivity index (χ1v) is 10.6. The zero-order valence-corrected chi connectivity index (χ0v) is 15.4. The summed E-state index contributed by atoms with van der Waals surface area (Å²) in [4.78, 5) is 15.9. The van der Waals surface area contributed by atoms with Gasteiger partial charge in [0, 0.05) is 45.0 Å². The summed E-state index contributed by atoms with van der Waals surface area (Å²) in [5, 5.41) is 0. The van der Waals surface area contributed by atoms with Crippen molar-refractivity contribution in [3.8, 4) is 0 Å². The maximum atomic E-state index is 11.8. The van der Waals surface area contributed by atoms with E-state index in [9.17, 15) is 8.42 Å². The maximum absolute atomic E-state index is 11.8. The Balaban J connectivity index is 1.74. The highest BCUT2D eigenvalue weighted by Gasteiger charge is 2.32. The minimum absolute atomic E-state index is 0.0275. The summed E-state index contributed by atoms with van der Waals surface area (Å²) < 4.78 is 23.6. The number of hydrogen-bond acceptors (Lipinski definition) is 7. The number of aromatic nitrogens is 2. The molecule has 7 nitrogen and oxygen atoms in total. The molecule has 24 heavy (non-hydrogen) atoms. The van der Waals surface area contributed by atoms with E-state index >= 15 is 0 Å². The van der Waals surface area contributed by atoms with Crippen molar-refractivity contribution in [2.45, 2.75) is 26.3 Å². The van der Waals surface area contributed by atoms with Crippen LogP contribution in [-0.4, -0.2) is 80.1 Å². The van der Waals surface area contributed by atoms with Gasteiger partial charge in [-0.2, -0.15) is 4.98 Å². The molecule has 3 heterocycles. The second-order valence-electron chi connectivity index (χ2n) is 6.48. The lowest BCUT2D eigenvalue weighted by molar-refractivity contribution is 0.270. The molecule has 2 aliphatic heterocycles. The summed E-state index contributed by atoms with van der Waals surface area (Å²) >= 11 is 0. The van der Waals surface area contributed by atoms with Crippen molar-refractivity contribution in [1.29, 1.82) is 0 Å². The van der Waals surface area contributed by atoms with Gasteiger partial charge in [0.1, 0.15) is 5.82 Å². The quantitative estimate of drug-likeness (QED) is 0.769. The van der Waals surface area contributed by atoms with Gasteiger partial charge >= 0.3 is 0 Å². The Morgan fingerprint density at radius 2 is 2.00 bits per heavy atom. The van der Waals surface area contributed by atoms with Crippen LogP contribution in [-0.2, 0) is 9.84 Å². The molecule has 0 N–H and O–H groups in total. The van der Waals surface area contributed by atoms with Gasteiger partial charge in [-0.25, -0.2) is 13.4 Å². The first-order chi connectivity index (χ1) is 11.5. The average molecular weight is 353 g/mol. The SMILES string of the molecule is CCN1CCN(c2nccc(N(CC)C3CCS(=O)(=O)C3)n2)CC1. The minimum atomic E-state index is -2.90. The van der Waals surface area contributed by atoms with E-state index in [1.807, 2.05) is 13.0 Å². The van der Waals surface area contributed by atoms with Crippen LogP contribution in [0, 0.1) is 0 Å². The van der Waals surface area contributed by atoms with Crippen LogP contribution in [0.25, 0.3) is 0 Å². The number of sulfone groups is 1. The molecule has 134 valence electrons. The molecular formula is C16H27N5O2S. The molecule has 8 heteroatoms. The second-order valence-corrected chi connectivity index (χ2v) is 8.71. The molecule has 0 radical (unpaired) electrons. The zero-order valence-electron chi connectivity index (χ0n) is 14.6. The van der Waals surface area contributed by atoms with Crippen LogP contribution in [0.2, 0.25) is 0 Å². The highest BCUT2D eigenvalue weighted by atomic mass is 32.2. The standard InChI is InChI=1S/C16H27N5O2S/c1-3-19-8-10-20(11-9-19)16-17-7-5-15(18-16)21(4-2)14-6-12-24(22,23)13-14/h5,7,14H,3-4,6,8-13H2,1-2H3. The van der Waals surface area contributed by atoms with Gasteiger partial charge in [-0.1, -0.05) is 6.92 Å². The molecule has 2 fully saturated rings. The van der Waals surface area contributed by atoms with Crippen LogP contribution >= 0.6 is 0 Å². The van der Waals surface area contributed by atoms with E-state index in [1.54, 1.807) is 6.20 Å². The first kappa shape index (κ1) is 17.4. The predicted molar refractivity (Wildman–Crippen MR) is 96.4 cm³/mol. The van der Waals surface area contributed by atoms with Gasteiger partial charge in [0.15, 0.2) is 9.84 Å². The molecule has 1 atom stereocenters. The van der Waals surface area contributed by atoms with Gasteiger partial charge in [-0.05, 0) is 26.0 Å². The van der Waals surface area contributed by atoms with E-state index in [0.717, 1.165) is 51.0 Å². The number of rotatable bonds is 5. The third-order valence-corrected chi connectivity index (χ3v) is 6.76. The topological polar surface area (TPSA) is 69.6 Å². The van der Waals surface area contributed by atoms with Crippen LogP contribution in [0.5, 0.6) is 0 Å². The van der Waals surface area contributed by atoms with Gasteiger partial charge in [-0.15, -0.1) is 0 Å². The fourth-order valence-corrected chi connectivity index (χ4v) is 5.27. The van der Waals surface area contributed by atoms with E-state index in [1.165, 1.54) is 0 Å². The van der Waals surface area contributed by atoms with Crippen LogP contribution in [0.4, 0.5) is 11.8 Å². The number of hydrogen-bond donors (Lipinski definition) is 0. The molecule has 0 saturated carbocycles. The molecule has 0 aliphatic carbocycles. The van der Waals surface area contributed by atoms with Gasteiger partial charge in [-0.3, -0.25) is 0 Å². The number of nitrogens with zero attached hydrogens (tertiary/aromatic N) is 5. The Bertz CT molecular complexity index is 658. The molecule has 0 aromatic carbocycles. The lowest BCUT2D eigenvalue weighted by Crippen LogP contribution is -2.47. The first-order valence-electron chi connectivity index (χ1n) is 8.80. The molecular weight excluding hydrogens is 326 g/mol. The van der Waals surface area contributed by atoms with E-state index in [2.05, 4.69) is 26.6 Å². The molecule has 2 saturated heterocycles. The fraction of sp³-hybridized carbons (Fsp3) is 0.750. The summed E-state index contributed by atoms with van der Waals surface area (Å²) in [5.74, 6) is 2.10. The largest absolute Gasteiger partial charge is 0.353 e. The summed E-state index contributed by atoms with van der Waals surface area (Å²) in [5.41, 5.74) is 0. The normalized spacial score (nSPS) is 24.2. The lowest BCUT2D eigenvalue weighted by Gasteiger charge is -2.34. The Morgan fingerprint density at radius 3 is 2.58 bits per heavy atom. The third-order valence-electron chi connectivity index (χ3n) is 5.01. The molecule has 3 rings (SSSR count). The zero-order chi connectivity index (χ0) is 17.2. The molecule has 1 aromatic rings. The maximum Gasteiger partial charge on any atom is 0.227 e. The number of piperazine rings is 1. The van der Waals surface area contributed by atoms with Gasteiger partial charge in [0.2, 0.25) is 5.95 Å². The third kappa shape index (κ3) is 3.80. The van der Waals surface area contributed by atoms with Gasteiger partial charge in [0.25, 0.3) is 0 Å². The summed E-state index contributed by atoms with van der Waals surface area (Å²) in [7, 11) is -2.90. The van der Waals surface area contributed by atoms with Crippen molar-refractivity contribution in [2.75, 3.05) is 60.6 Å². The summed E-state index contributed by atoms with van der Waals surface area (Å²) in [6.45, 7) is 9.98. The van der Waals surface area contributed by atoms with E-state index in [0.29, 0.717) is 6.42 Å². The van der Waals surface area contributed by atoms with E-state index < -0.39 is 9.84 Å². The van der Waals surface area contributed by atoms with E-state index in [-0.39, 0.29) is 17.5 Å². The molecule has 0 bridgehead atoms. The Morgan fingerprint density at radius 1 is 1.25 bits per heavy atom. The monoisotopic (exact) mass is 353 g/mol. The van der Waals surface area contributed by atoms with Crippen LogP contribution in [0.1, 0.15) is 20.3 Å². The van der Waals surface area contributed by atoms with Crippen LogP contribution < -0.4 is 9.80 Å². The van der Waals surface area contributed by atoms with Crippen molar-refractivity contribution in [2.24, 2.45) is 0 Å². The van der Waals surface area contributed by atoms with E-state index in [4.69, 9.17) is 4.98 Å². The van der Waals surface area contributed by atoms with Crippen molar-refractivity contribution >= 4 is 21.6 Å². The Labute approximate surface area is 144 Å². The smallest absolute Gasteiger partial charge is 0.227 e. The number of likely N-dealkylation sites (N-methyl/N-ethyl adjacent to an activating group) is 1. The van der Waals surface area contributed by atoms with Crippen molar-refractivity contribution in [1.82, 2.24) is 14.9 Å². The highest BCUT2D eigenvalue weighted by molar-refractivity contribution is 7.91. The fourth-order valence-electron chi connectivity index (χ4n) is 3.54. The van der Waals surface area contributed by atoms with Crippen LogP contribution in [0.3, 0.4) is 0 Å². The average Bonchev–Trinajstić information content (AvgIpc) is 2.95. The van der Waals surface area contributed by atoms with Crippen molar-refractivity contribution < 1.29 is 8.42 Å². The van der Waals surface area contributed by atoms with Crippen molar-refractivity contribution in [3.05, 3.63) is 12.3 Å². The predicted octanol–water partition coefficient (Wildman–Crippen LogP) is 0.632. The highest BCUT2D eigenvalue weighted by Crippen LogP contribution is 2.24. The minimum Gasteiger partial charge on any atom is -0.353 e. The molecule has 1 unspecified atom stereocenters. The lowest BCUT2D eigenvalue weighted by atomic mass is 10.2. The molecule has 2 aliphatic rings. The second kappa shape index (κ2) is 7.23. The number of anilines is 2. The van der Waals surface area contributed by atoms with Crippen LogP contribution in [0.15, 0.2) is 12.3 Å². The Kier molecular flexibility index (Phi) is 5.24.